The molecule has 0 amide bonds. The van der Waals surface area contributed by atoms with Gasteiger partial charge in [0.25, 0.3) is 0 Å². The number of fused-ring (bicyclic) bond motifs is 3. The maximum atomic E-state index is 10.1. The Balaban J connectivity index is 1.38. The van der Waals surface area contributed by atoms with E-state index in [1.807, 2.05) is 28.7 Å². The molecular weight excluding hydrogens is 440 g/mol. The van der Waals surface area contributed by atoms with Crippen molar-refractivity contribution >= 4 is 11.5 Å². The highest BCUT2D eigenvalue weighted by atomic mass is 16.5. The maximum absolute atomic E-state index is 10.1. The standard InChI is InChI=1S/C27H28N6O2/c1-34-24-9-8-19(14-25(24)35-2)10-12-29-26-22(15-28)21-11-13-32(16-20-6-4-3-5-7-20)17-23(21)27-31-30-18-33(26)27/h3-9,14,18,29H,10-13,16-17H2,1-2H3. The van der Waals surface area contributed by atoms with Crippen molar-refractivity contribution in [3.05, 3.63) is 82.7 Å². The molecule has 35 heavy (non-hydrogen) atoms. The van der Waals surface area contributed by atoms with Gasteiger partial charge in [0.1, 0.15) is 18.2 Å². The molecule has 1 aliphatic heterocycles. The monoisotopic (exact) mass is 468 g/mol. The first-order valence-corrected chi connectivity index (χ1v) is 11.7. The van der Waals surface area contributed by atoms with E-state index in [9.17, 15) is 5.26 Å². The van der Waals surface area contributed by atoms with Crippen molar-refractivity contribution in [2.75, 3.05) is 32.6 Å². The summed E-state index contributed by atoms with van der Waals surface area (Å²) in [6.45, 7) is 3.16. The Morgan fingerprint density at radius 1 is 1.03 bits per heavy atom. The summed E-state index contributed by atoms with van der Waals surface area (Å²) >= 11 is 0. The van der Waals surface area contributed by atoms with Crippen molar-refractivity contribution in [3.63, 3.8) is 0 Å². The van der Waals surface area contributed by atoms with Gasteiger partial charge in [0.2, 0.25) is 0 Å². The van der Waals surface area contributed by atoms with Gasteiger partial charge in [0, 0.05) is 31.7 Å². The molecule has 2 aromatic heterocycles. The number of methoxy groups -OCH3 is 2. The van der Waals surface area contributed by atoms with Crippen LogP contribution in [0.15, 0.2) is 54.9 Å². The molecule has 0 unspecified atom stereocenters. The first-order valence-electron chi connectivity index (χ1n) is 11.7. The number of aromatic nitrogens is 3. The van der Waals surface area contributed by atoms with Crippen LogP contribution in [0.5, 0.6) is 11.5 Å². The van der Waals surface area contributed by atoms with E-state index < -0.39 is 0 Å². The highest BCUT2D eigenvalue weighted by Crippen LogP contribution is 2.32. The van der Waals surface area contributed by atoms with Gasteiger partial charge in [0.15, 0.2) is 17.1 Å². The Morgan fingerprint density at radius 2 is 1.86 bits per heavy atom. The van der Waals surface area contributed by atoms with Gasteiger partial charge in [-0.1, -0.05) is 36.4 Å². The van der Waals surface area contributed by atoms with Crippen LogP contribution in [0, 0.1) is 11.3 Å². The van der Waals surface area contributed by atoms with E-state index in [-0.39, 0.29) is 0 Å². The van der Waals surface area contributed by atoms with Crippen molar-refractivity contribution in [1.82, 2.24) is 19.5 Å². The minimum Gasteiger partial charge on any atom is -0.493 e. The molecule has 0 saturated carbocycles. The van der Waals surface area contributed by atoms with Crippen LogP contribution in [0.3, 0.4) is 0 Å². The van der Waals surface area contributed by atoms with E-state index in [1.165, 1.54) is 5.56 Å². The van der Waals surface area contributed by atoms with Crippen LogP contribution in [0.4, 0.5) is 5.82 Å². The molecule has 4 aromatic rings. The number of nitrogens with zero attached hydrogens (tertiary/aromatic N) is 5. The van der Waals surface area contributed by atoms with Crippen LogP contribution in [-0.4, -0.2) is 46.8 Å². The van der Waals surface area contributed by atoms with Crippen molar-refractivity contribution in [3.8, 4) is 17.6 Å². The molecule has 3 heterocycles. The second-order valence-corrected chi connectivity index (χ2v) is 8.63. The largest absolute Gasteiger partial charge is 0.493 e. The summed E-state index contributed by atoms with van der Waals surface area (Å²) in [5.74, 6) is 2.17. The lowest BCUT2D eigenvalue weighted by Gasteiger charge is -2.30. The molecule has 178 valence electrons. The lowest BCUT2D eigenvalue weighted by atomic mass is 9.95. The molecule has 8 nitrogen and oxygen atoms in total. The minimum absolute atomic E-state index is 0.649. The van der Waals surface area contributed by atoms with E-state index in [4.69, 9.17) is 9.47 Å². The summed E-state index contributed by atoms with van der Waals surface area (Å²) in [4.78, 5) is 2.40. The quantitative estimate of drug-likeness (QED) is 0.420. The first kappa shape index (κ1) is 22.7. The summed E-state index contributed by atoms with van der Waals surface area (Å²) in [5, 5.41) is 22.2. The predicted octanol–water partition coefficient (Wildman–Crippen LogP) is 3.83. The zero-order chi connectivity index (χ0) is 24.2. The Hall–Kier alpha value is -4.09. The normalized spacial score (nSPS) is 13.3. The zero-order valence-corrected chi connectivity index (χ0v) is 20.0. The first-order chi connectivity index (χ1) is 17.2. The molecule has 0 saturated heterocycles. The molecule has 0 aliphatic carbocycles. The molecular formula is C27H28N6O2. The van der Waals surface area contributed by atoms with Crippen LogP contribution >= 0.6 is 0 Å². The van der Waals surface area contributed by atoms with E-state index >= 15 is 0 Å². The number of nitriles is 1. The van der Waals surface area contributed by atoms with Crippen molar-refractivity contribution in [2.45, 2.75) is 25.9 Å². The number of hydrogen-bond acceptors (Lipinski definition) is 7. The van der Waals surface area contributed by atoms with E-state index in [1.54, 1.807) is 20.5 Å². The van der Waals surface area contributed by atoms with Crippen LogP contribution in [0.2, 0.25) is 0 Å². The van der Waals surface area contributed by atoms with Crippen LogP contribution in [0.1, 0.15) is 27.8 Å². The molecule has 5 rings (SSSR count). The van der Waals surface area contributed by atoms with Crippen molar-refractivity contribution in [1.29, 1.82) is 5.26 Å². The Labute approximate surface area is 204 Å². The average molecular weight is 469 g/mol. The summed E-state index contributed by atoms with van der Waals surface area (Å²) in [6.07, 6.45) is 3.25. The number of benzene rings is 2. The predicted molar refractivity (Wildman–Crippen MR) is 134 cm³/mol. The molecule has 1 aliphatic rings. The summed E-state index contributed by atoms with van der Waals surface area (Å²) < 4.78 is 12.7. The molecule has 0 radical (unpaired) electrons. The van der Waals surface area contributed by atoms with Crippen LogP contribution < -0.4 is 14.8 Å². The second kappa shape index (κ2) is 10.0. The smallest absolute Gasteiger partial charge is 0.167 e. The summed E-state index contributed by atoms with van der Waals surface area (Å²) in [7, 11) is 3.26. The molecule has 0 fully saturated rings. The van der Waals surface area contributed by atoms with E-state index in [0.717, 1.165) is 60.6 Å². The molecule has 1 N–H and O–H groups in total. The number of nitrogens with one attached hydrogen (secondary N) is 1. The molecule has 0 bridgehead atoms. The Morgan fingerprint density at radius 3 is 2.63 bits per heavy atom. The molecule has 0 atom stereocenters. The van der Waals surface area contributed by atoms with Gasteiger partial charge in [-0.25, -0.2) is 0 Å². The fourth-order valence-corrected chi connectivity index (χ4v) is 4.80. The highest BCUT2D eigenvalue weighted by molar-refractivity contribution is 5.68. The van der Waals surface area contributed by atoms with E-state index in [0.29, 0.717) is 23.6 Å². The molecule has 2 aromatic carbocycles. The lowest BCUT2D eigenvalue weighted by Crippen LogP contribution is -2.31. The number of anilines is 1. The SMILES string of the molecule is COc1ccc(CCNc2c(C#N)c3c(c4nncn24)CN(Cc2ccccc2)CC3)cc1OC. The minimum atomic E-state index is 0.649. The third-order valence-electron chi connectivity index (χ3n) is 6.54. The lowest BCUT2D eigenvalue weighted by molar-refractivity contribution is 0.246. The number of hydrogen-bond donors (Lipinski definition) is 1. The van der Waals surface area contributed by atoms with Gasteiger partial charge in [-0.2, -0.15) is 5.26 Å². The zero-order valence-electron chi connectivity index (χ0n) is 20.0. The number of rotatable bonds is 8. The molecule has 8 heteroatoms. The second-order valence-electron chi connectivity index (χ2n) is 8.63. The topological polar surface area (TPSA) is 87.7 Å². The van der Waals surface area contributed by atoms with E-state index in [2.05, 4.69) is 50.7 Å². The van der Waals surface area contributed by atoms with Crippen molar-refractivity contribution in [2.24, 2.45) is 0 Å². The fourth-order valence-electron chi connectivity index (χ4n) is 4.80. The van der Waals surface area contributed by atoms with Crippen molar-refractivity contribution < 1.29 is 9.47 Å². The van der Waals surface area contributed by atoms with Gasteiger partial charge in [-0.3, -0.25) is 9.30 Å². The van der Waals surface area contributed by atoms with Gasteiger partial charge < -0.3 is 14.8 Å². The summed E-state index contributed by atoms with van der Waals surface area (Å²) in [5.41, 5.74) is 6.05. The Bertz CT molecular complexity index is 1380. The maximum Gasteiger partial charge on any atom is 0.167 e. The van der Waals surface area contributed by atoms with Gasteiger partial charge in [-0.05, 0) is 41.7 Å². The fraction of sp³-hybridized carbons (Fsp3) is 0.296. The Kier molecular flexibility index (Phi) is 6.51. The van der Waals surface area contributed by atoms with Crippen LogP contribution in [-0.2, 0) is 25.9 Å². The molecule has 0 spiro atoms. The van der Waals surface area contributed by atoms with Crippen LogP contribution in [0.25, 0.3) is 5.65 Å². The highest BCUT2D eigenvalue weighted by Gasteiger charge is 2.26. The van der Waals surface area contributed by atoms with Gasteiger partial charge >= 0.3 is 0 Å². The van der Waals surface area contributed by atoms with Gasteiger partial charge in [-0.15, -0.1) is 10.2 Å². The number of pyridine rings is 1. The third-order valence-corrected chi connectivity index (χ3v) is 6.54. The van der Waals surface area contributed by atoms with Gasteiger partial charge in [0.05, 0.1) is 19.8 Å². The number of ether oxygens (including phenoxy) is 2. The average Bonchev–Trinajstić information content (AvgIpc) is 3.39. The summed E-state index contributed by atoms with van der Waals surface area (Å²) in [6, 6.07) is 18.8. The third kappa shape index (κ3) is 4.51.